The number of carbonyl (C=O) groups excluding carboxylic acids is 1. The third kappa shape index (κ3) is 4.44. The number of anilines is 1. The maximum Gasteiger partial charge on any atom is 0.319 e. The summed E-state index contributed by atoms with van der Waals surface area (Å²) in [7, 11) is 0. The van der Waals surface area contributed by atoms with Crippen molar-refractivity contribution in [1.29, 1.82) is 5.26 Å². The fraction of sp³-hybridized carbons (Fsp3) is 0.176. The summed E-state index contributed by atoms with van der Waals surface area (Å²) in [5.41, 5.74) is 1.22. The maximum absolute atomic E-state index is 12.9. The Hall–Kier alpha value is -2.62. The summed E-state index contributed by atoms with van der Waals surface area (Å²) >= 11 is 5.90. The number of aliphatic hydroxyl groups is 1. The Morgan fingerprint density at radius 3 is 2.54 bits per heavy atom. The molecule has 0 spiro atoms. The van der Waals surface area contributed by atoms with Gasteiger partial charge in [-0.05, 0) is 42.8 Å². The molecule has 24 heavy (non-hydrogen) atoms. The number of carbonyl (C=O) groups is 1. The van der Waals surface area contributed by atoms with Crippen LogP contribution in [0, 0.1) is 17.1 Å². The van der Waals surface area contributed by atoms with Gasteiger partial charge < -0.3 is 15.7 Å². The highest BCUT2D eigenvalue weighted by molar-refractivity contribution is 6.32. The number of benzene rings is 2. The molecule has 0 fully saturated rings. The van der Waals surface area contributed by atoms with E-state index < -0.39 is 24.0 Å². The Morgan fingerprint density at radius 1 is 1.29 bits per heavy atom. The van der Waals surface area contributed by atoms with Gasteiger partial charge in [0, 0.05) is 5.69 Å². The summed E-state index contributed by atoms with van der Waals surface area (Å²) in [5.74, 6) is -0.401. The molecule has 0 aromatic heterocycles. The quantitative estimate of drug-likeness (QED) is 0.790. The Labute approximate surface area is 143 Å². The van der Waals surface area contributed by atoms with Crippen LogP contribution in [0.5, 0.6) is 0 Å². The molecular formula is C17H15ClFN3O2. The highest BCUT2D eigenvalue weighted by atomic mass is 35.5. The number of rotatable bonds is 4. The number of halogens is 2. The summed E-state index contributed by atoms with van der Waals surface area (Å²) < 4.78 is 12.9. The lowest BCUT2D eigenvalue weighted by Crippen LogP contribution is -2.39. The van der Waals surface area contributed by atoms with Gasteiger partial charge in [-0.25, -0.2) is 9.18 Å². The topological polar surface area (TPSA) is 85.2 Å². The Kier molecular flexibility index (Phi) is 5.74. The number of nitrogens with zero attached hydrogens (tertiary/aromatic N) is 1. The molecular weight excluding hydrogens is 333 g/mol. The minimum absolute atomic E-state index is 0.231. The van der Waals surface area contributed by atoms with Crippen molar-refractivity contribution in [3.8, 4) is 6.07 Å². The molecule has 2 rings (SSSR count). The number of aliphatic hydroxyl groups excluding tert-OH is 1. The molecule has 0 aliphatic heterocycles. The zero-order chi connectivity index (χ0) is 17.7. The predicted molar refractivity (Wildman–Crippen MR) is 89.1 cm³/mol. The summed E-state index contributed by atoms with van der Waals surface area (Å²) in [5, 5.41) is 24.4. The molecule has 0 aliphatic rings. The second kappa shape index (κ2) is 7.77. The van der Waals surface area contributed by atoms with Crippen LogP contribution in [0.15, 0.2) is 42.5 Å². The van der Waals surface area contributed by atoms with Crippen LogP contribution in [-0.4, -0.2) is 17.2 Å². The number of hydrogen-bond acceptors (Lipinski definition) is 3. The average molecular weight is 348 g/mol. The lowest BCUT2D eigenvalue weighted by molar-refractivity contribution is 0.139. The molecule has 0 aliphatic carbocycles. The standard InChI is InChI=1S/C17H15ClFN3O2/c1-10(16(23)11-2-5-13(19)6-3-11)21-17(24)22-14-7-4-12(9-20)15(18)8-14/h2-8,10,16,23H,1H3,(H2,21,22,24). The second-order valence-electron chi connectivity index (χ2n) is 5.19. The van der Waals surface area contributed by atoms with E-state index in [9.17, 15) is 14.3 Å². The van der Waals surface area contributed by atoms with Gasteiger partial charge in [0.1, 0.15) is 11.9 Å². The van der Waals surface area contributed by atoms with Crippen molar-refractivity contribution in [2.24, 2.45) is 0 Å². The maximum atomic E-state index is 12.9. The summed E-state index contributed by atoms with van der Waals surface area (Å²) in [6.07, 6.45) is -0.985. The summed E-state index contributed by atoms with van der Waals surface area (Å²) in [6.45, 7) is 1.62. The molecule has 0 bridgehead atoms. The zero-order valence-corrected chi connectivity index (χ0v) is 13.5. The third-order valence-electron chi connectivity index (χ3n) is 3.39. The molecule has 2 aromatic rings. The van der Waals surface area contributed by atoms with E-state index in [1.165, 1.54) is 36.4 Å². The van der Waals surface area contributed by atoms with Crippen molar-refractivity contribution in [2.75, 3.05) is 5.32 Å². The van der Waals surface area contributed by atoms with E-state index in [0.29, 0.717) is 16.8 Å². The number of urea groups is 1. The lowest BCUT2D eigenvalue weighted by atomic mass is 10.0. The molecule has 2 amide bonds. The van der Waals surface area contributed by atoms with Crippen molar-refractivity contribution in [3.63, 3.8) is 0 Å². The SMILES string of the molecule is CC(NC(=O)Nc1ccc(C#N)c(Cl)c1)C(O)c1ccc(F)cc1. The van der Waals surface area contributed by atoms with E-state index in [0.717, 1.165) is 0 Å². The van der Waals surface area contributed by atoms with Gasteiger partial charge in [0.15, 0.2) is 0 Å². The van der Waals surface area contributed by atoms with Crippen molar-refractivity contribution >= 4 is 23.3 Å². The van der Waals surface area contributed by atoms with Gasteiger partial charge >= 0.3 is 6.03 Å². The molecule has 7 heteroatoms. The minimum atomic E-state index is -0.985. The van der Waals surface area contributed by atoms with Crippen LogP contribution < -0.4 is 10.6 Å². The number of nitrogens with one attached hydrogen (secondary N) is 2. The van der Waals surface area contributed by atoms with Gasteiger partial charge in [-0.3, -0.25) is 0 Å². The molecule has 2 unspecified atom stereocenters. The Bertz CT molecular complexity index is 774. The van der Waals surface area contributed by atoms with E-state index in [1.54, 1.807) is 13.0 Å². The van der Waals surface area contributed by atoms with E-state index in [-0.39, 0.29) is 5.02 Å². The molecule has 0 saturated heterocycles. The van der Waals surface area contributed by atoms with E-state index >= 15 is 0 Å². The van der Waals surface area contributed by atoms with Crippen LogP contribution in [0.2, 0.25) is 5.02 Å². The monoisotopic (exact) mass is 347 g/mol. The van der Waals surface area contributed by atoms with Crippen molar-refractivity contribution in [1.82, 2.24) is 5.32 Å². The summed E-state index contributed by atoms with van der Waals surface area (Å²) in [4.78, 5) is 12.0. The number of amides is 2. The first-order valence-corrected chi connectivity index (χ1v) is 7.49. The van der Waals surface area contributed by atoms with Gasteiger partial charge in [-0.1, -0.05) is 23.7 Å². The predicted octanol–water partition coefficient (Wildman–Crippen LogP) is 3.59. The van der Waals surface area contributed by atoms with Crippen molar-refractivity contribution in [2.45, 2.75) is 19.1 Å². The highest BCUT2D eigenvalue weighted by Gasteiger charge is 2.18. The molecule has 0 heterocycles. The van der Waals surface area contributed by atoms with Gasteiger partial charge in [-0.2, -0.15) is 5.26 Å². The van der Waals surface area contributed by atoms with Gasteiger partial charge in [0.2, 0.25) is 0 Å². The van der Waals surface area contributed by atoms with Crippen molar-refractivity contribution < 1.29 is 14.3 Å². The van der Waals surface area contributed by atoms with Crippen LogP contribution in [0.1, 0.15) is 24.2 Å². The van der Waals surface area contributed by atoms with Crippen LogP contribution in [-0.2, 0) is 0 Å². The van der Waals surface area contributed by atoms with E-state index in [1.807, 2.05) is 6.07 Å². The highest BCUT2D eigenvalue weighted by Crippen LogP contribution is 2.21. The molecule has 124 valence electrons. The molecule has 0 saturated carbocycles. The third-order valence-corrected chi connectivity index (χ3v) is 3.70. The average Bonchev–Trinajstić information content (AvgIpc) is 2.55. The molecule has 0 radical (unpaired) electrons. The fourth-order valence-electron chi connectivity index (χ4n) is 2.09. The Morgan fingerprint density at radius 2 is 1.96 bits per heavy atom. The van der Waals surface area contributed by atoms with Gasteiger partial charge in [0.25, 0.3) is 0 Å². The molecule has 2 atom stereocenters. The van der Waals surface area contributed by atoms with Gasteiger partial charge in [0.05, 0.1) is 22.7 Å². The van der Waals surface area contributed by atoms with Crippen LogP contribution >= 0.6 is 11.6 Å². The number of nitriles is 1. The van der Waals surface area contributed by atoms with E-state index in [2.05, 4.69) is 10.6 Å². The smallest absolute Gasteiger partial charge is 0.319 e. The zero-order valence-electron chi connectivity index (χ0n) is 12.8. The first-order chi connectivity index (χ1) is 11.4. The van der Waals surface area contributed by atoms with Crippen LogP contribution in [0.3, 0.4) is 0 Å². The lowest BCUT2D eigenvalue weighted by Gasteiger charge is -2.21. The molecule has 5 nitrogen and oxygen atoms in total. The van der Waals surface area contributed by atoms with Gasteiger partial charge in [-0.15, -0.1) is 0 Å². The normalized spacial score (nSPS) is 12.8. The Balaban J connectivity index is 1.97. The van der Waals surface area contributed by atoms with Crippen LogP contribution in [0.4, 0.5) is 14.9 Å². The first-order valence-electron chi connectivity index (χ1n) is 7.11. The van der Waals surface area contributed by atoms with Crippen LogP contribution in [0.25, 0.3) is 0 Å². The molecule has 2 aromatic carbocycles. The minimum Gasteiger partial charge on any atom is -0.386 e. The second-order valence-corrected chi connectivity index (χ2v) is 5.60. The fourth-order valence-corrected chi connectivity index (χ4v) is 2.31. The van der Waals surface area contributed by atoms with E-state index in [4.69, 9.17) is 16.9 Å². The van der Waals surface area contributed by atoms with Crippen molar-refractivity contribution in [3.05, 3.63) is 64.4 Å². The molecule has 3 N–H and O–H groups in total. The first kappa shape index (κ1) is 17.7. The summed E-state index contributed by atoms with van der Waals surface area (Å²) in [6, 6.07) is 10.7. The largest absolute Gasteiger partial charge is 0.386 e. The number of hydrogen-bond donors (Lipinski definition) is 3.